The lowest BCUT2D eigenvalue weighted by Crippen LogP contribution is -2.29. The van der Waals surface area contributed by atoms with E-state index < -0.39 is 18.5 Å². The second-order valence-electron chi connectivity index (χ2n) is 8.30. The van der Waals surface area contributed by atoms with Crippen LogP contribution in [0.25, 0.3) is 22.0 Å². The summed E-state index contributed by atoms with van der Waals surface area (Å²) in [5, 5.41) is 9.90. The van der Waals surface area contributed by atoms with Gasteiger partial charge in [0.1, 0.15) is 0 Å². The van der Waals surface area contributed by atoms with Gasteiger partial charge in [-0.1, -0.05) is 61.9 Å². The number of amides is 1. The van der Waals surface area contributed by atoms with Gasteiger partial charge in [0.2, 0.25) is 0 Å². The van der Waals surface area contributed by atoms with Crippen molar-refractivity contribution in [1.29, 1.82) is 0 Å². The summed E-state index contributed by atoms with van der Waals surface area (Å²) in [7, 11) is 0. The third-order valence-electron chi connectivity index (χ3n) is 5.03. The van der Waals surface area contributed by atoms with Gasteiger partial charge in [-0.2, -0.15) is 5.10 Å². The highest BCUT2D eigenvalue weighted by Crippen LogP contribution is 2.25. The Labute approximate surface area is 200 Å². The zero-order valence-electron chi connectivity index (χ0n) is 19.1. The van der Waals surface area contributed by atoms with E-state index in [0.29, 0.717) is 22.4 Å². The number of carbonyl (C=O) groups is 2. The normalized spacial score (nSPS) is 11.1. The molecule has 9 heteroatoms. The standard InChI is InChI=1S/C25H24N4O4S/c1-15(2)12-29-23(31)19-7-5-4-6-18(19)22(28-29)24(32)33-13-21(30)27-25-26-20(14-34-25)17-10-8-16(3)9-11-17/h4-11,14-15H,12-13H2,1-3H3,(H,26,27,30). The molecule has 0 unspecified atom stereocenters. The maximum Gasteiger partial charge on any atom is 0.359 e. The van der Waals surface area contributed by atoms with Crippen molar-refractivity contribution in [2.75, 3.05) is 11.9 Å². The molecule has 174 valence electrons. The van der Waals surface area contributed by atoms with Crippen LogP contribution in [0.3, 0.4) is 0 Å². The number of benzene rings is 2. The molecule has 0 atom stereocenters. The first-order chi connectivity index (χ1) is 16.3. The summed E-state index contributed by atoms with van der Waals surface area (Å²) < 4.78 is 6.49. The van der Waals surface area contributed by atoms with E-state index in [0.717, 1.165) is 16.8 Å². The Morgan fingerprint density at radius 3 is 2.50 bits per heavy atom. The highest BCUT2D eigenvalue weighted by Gasteiger charge is 2.20. The first kappa shape index (κ1) is 23.3. The molecule has 8 nitrogen and oxygen atoms in total. The van der Waals surface area contributed by atoms with Crippen LogP contribution in [0.5, 0.6) is 0 Å². The van der Waals surface area contributed by atoms with Crippen LogP contribution >= 0.6 is 11.3 Å². The van der Waals surface area contributed by atoms with Crippen LogP contribution in [0.15, 0.2) is 58.7 Å². The minimum Gasteiger partial charge on any atom is -0.451 e. The Bertz CT molecular complexity index is 1410. The Hall–Kier alpha value is -3.85. The predicted molar refractivity (Wildman–Crippen MR) is 132 cm³/mol. The van der Waals surface area contributed by atoms with Gasteiger partial charge >= 0.3 is 5.97 Å². The van der Waals surface area contributed by atoms with Gasteiger partial charge in [-0.25, -0.2) is 14.5 Å². The fourth-order valence-electron chi connectivity index (χ4n) is 3.40. The van der Waals surface area contributed by atoms with Crippen LogP contribution in [0, 0.1) is 12.8 Å². The van der Waals surface area contributed by atoms with Gasteiger partial charge in [0, 0.05) is 22.9 Å². The topological polar surface area (TPSA) is 103 Å². The number of fused-ring (bicyclic) bond motifs is 1. The Morgan fingerprint density at radius 2 is 1.79 bits per heavy atom. The third kappa shape index (κ3) is 5.20. The minimum absolute atomic E-state index is 0.000411. The maximum absolute atomic E-state index is 12.8. The molecule has 0 saturated carbocycles. The molecule has 2 heterocycles. The van der Waals surface area contributed by atoms with Crippen LogP contribution in [0.1, 0.15) is 29.9 Å². The predicted octanol–water partition coefficient (Wildman–Crippen LogP) is 4.28. The summed E-state index contributed by atoms with van der Waals surface area (Å²) in [5.74, 6) is -1.13. The lowest BCUT2D eigenvalue weighted by Gasteiger charge is -2.12. The van der Waals surface area contributed by atoms with Gasteiger partial charge in [-0.3, -0.25) is 14.9 Å². The Balaban J connectivity index is 1.46. The molecule has 1 N–H and O–H groups in total. The zero-order chi connectivity index (χ0) is 24.2. The molecule has 0 aliphatic carbocycles. The van der Waals surface area contributed by atoms with Gasteiger partial charge in [0.15, 0.2) is 17.4 Å². The van der Waals surface area contributed by atoms with Gasteiger partial charge in [0.05, 0.1) is 11.1 Å². The number of esters is 1. The van der Waals surface area contributed by atoms with Crippen molar-refractivity contribution in [2.45, 2.75) is 27.3 Å². The number of hydrogen-bond acceptors (Lipinski definition) is 7. The number of anilines is 1. The number of carbonyl (C=O) groups excluding carboxylic acids is 2. The summed E-state index contributed by atoms with van der Waals surface area (Å²) in [4.78, 5) is 42.3. The van der Waals surface area contributed by atoms with Gasteiger partial charge in [-0.05, 0) is 18.9 Å². The fraction of sp³-hybridized carbons (Fsp3) is 0.240. The number of aromatic nitrogens is 3. The Kier molecular flexibility index (Phi) is 6.83. The summed E-state index contributed by atoms with van der Waals surface area (Å²) in [6.07, 6.45) is 0. The molecule has 0 saturated heterocycles. The lowest BCUT2D eigenvalue weighted by molar-refractivity contribution is -0.119. The summed E-state index contributed by atoms with van der Waals surface area (Å²) in [6.45, 7) is 5.77. The molecular weight excluding hydrogens is 452 g/mol. The summed E-state index contributed by atoms with van der Waals surface area (Å²) in [5.41, 5.74) is 2.58. The maximum atomic E-state index is 12.8. The zero-order valence-corrected chi connectivity index (χ0v) is 19.9. The highest BCUT2D eigenvalue weighted by molar-refractivity contribution is 7.14. The first-order valence-electron chi connectivity index (χ1n) is 10.8. The number of rotatable bonds is 7. The molecule has 0 aliphatic heterocycles. The van der Waals surface area contributed by atoms with E-state index >= 15 is 0 Å². The van der Waals surface area contributed by atoms with Crippen LogP contribution in [-0.2, 0) is 16.1 Å². The van der Waals surface area contributed by atoms with Crippen molar-refractivity contribution in [3.05, 3.63) is 75.5 Å². The van der Waals surface area contributed by atoms with Crippen molar-refractivity contribution in [3.8, 4) is 11.3 Å². The van der Waals surface area contributed by atoms with Crippen LogP contribution in [0.2, 0.25) is 0 Å². The second-order valence-corrected chi connectivity index (χ2v) is 9.16. The monoisotopic (exact) mass is 476 g/mol. The average Bonchev–Trinajstić information content (AvgIpc) is 3.28. The smallest absolute Gasteiger partial charge is 0.359 e. The van der Waals surface area contributed by atoms with Gasteiger partial charge in [0.25, 0.3) is 11.5 Å². The summed E-state index contributed by atoms with van der Waals surface area (Å²) >= 11 is 1.28. The average molecular weight is 477 g/mol. The molecule has 0 radical (unpaired) electrons. The fourth-order valence-corrected chi connectivity index (χ4v) is 4.13. The number of nitrogens with zero attached hydrogens (tertiary/aromatic N) is 3. The first-order valence-corrected chi connectivity index (χ1v) is 11.7. The molecule has 4 rings (SSSR count). The van der Waals surface area contributed by atoms with E-state index in [9.17, 15) is 14.4 Å². The third-order valence-corrected chi connectivity index (χ3v) is 5.79. The quantitative estimate of drug-likeness (QED) is 0.400. The molecular formula is C25H24N4O4S. The molecule has 34 heavy (non-hydrogen) atoms. The van der Waals surface area contributed by atoms with E-state index in [4.69, 9.17) is 4.74 Å². The Morgan fingerprint density at radius 1 is 1.09 bits per heavy atom. The number of aryl methyl sites for hydroxylation is 1. The molecule has 2 aromatic carbocycles. The molecule has 0 bridgehead atoms. The van der Waals surface area contributed by atoms with Crippen molar-refractivity contribution in [2.24, 2.45) is 5.92 Å². The SMILES string of the molecule is Cc1ccc(-c2csc(NC(=O)COC(=O)c3nn(CC(C)C)c(=O)c4ccccc34)n2)cc1. The van der Waals surface area contributed by atoms with E-state index in [1.54, 1.807) is 24.3 Å². The molecule has 0 aliphatic rings. The number of nitrogens with one attached hydrogen (secondary N) is 1. The molecule has 4 aromatic rings. The largest absolute Gasteiger partial charge is 0.451 e. The van der Waals surface area contributed by atoms with Crippen LogP contribution < -0.4 is 10.9 Å². The van der Waals surface area contributed by atoms with Gasteiger partial charge in [-0.15, -0.1) is 11.3 Å². The molecule has 0 spiro atoms. The number of thiazole rings is 1. The van der Waals surface area contributed by atoms with Crippen molar-refractivity contribution < 1.29 is 14.3 Å². The van der Waals surface area contributed by atoms with Crippen molar-refractivity contribution >= 4 is 39.1 Å². The molecule has 2 aromatic heterocycles. The molecule has 0 fully saturated rings. The lowest BCUT2D eigenvalue weighted by atomic mass is 10.1. The van der Waals surface area contributed by atoms with Gasteiger partial charge < -0.3 is 4.74 Å². The van der Waals surface area contributed by atoms with Crippen molar-refractivity contribution in [3.63, 3.8) is 0 Å². The summed E-state index contributed by atoms with van der Waals surface area (Å²) in [6, 6.07) is 14.7. The highest BCUT2D eigenvalue weighted by atomic mass is 32.1. The van der Waals surface area contributed by atoms with Crippen LogP contribution in [0.4, 0.5) is 5.13 Å². The second kappa shape index (κ2) is 9.96. The van der Waals surface area contributed by atoms with E-state index in [-0.39, 0.29) is 17.2 Å². The molecule has 1 amide bonds. The number of ether oxygens (including phenoxy) is 1. The minimum atomic E-state index is -0.775. The van der Waals surface area contributed by atoms with E-state index in [1.165, 1.54) is 16.0 Å². The van der Waals surface area contributed by atoms with Crippen molar-refractivity contribution in [1.82, 2.24) is 14.8 Å². The van der Waals surface area contributed by atoms with E-state index in [2.05, 4.69) is 15.4 Å². The number of hydrogen-bond donors (Lipinski definition) is 1. The van der Waals surface area contributed by atoms with Crippen LogP contribution in [-0.4, -0.2) is 33.2 Å². The van der Waals surface area contributed by atoms with E-state index in [1.807, 2.05) is 50.4 Å².